The Morgan fingerprint density at radius 3 is 2.33 bits per heavy atom. The molecule has 2 unspecified atom stereocenters. The normalized spacial score (nSPS) is 13.9. The number of anilines is 1. The minimum absolute atomic E-state index is 0.0636. The molecule has 0 radical (unpaired) electrons. The molecular weight excluding hydrogens is 593 g/mol. The first-order valence-corrected chi connectivity index (χ1v) is 17.8. The summed E-state index contributed by atoms with van der Waals surface area (Å²) in [5, 5.41) is 1.80. The number of hydrogen-bond donors (Lipinski definition) is 1. The minimum Gasteiger partial charge on any atom is -0.464 e. The third kappa shape index (κ3) is 10.5. The Balaban J connectivity index is 2.14. The van der Waals surface area contributed by atoms with Crippen LogP contribution in [0.4, 0.5) is 5.69 Å². The van der Waals surface area contributed by atoms with Gasteiger partial charge in [-0.3, -0.25) is 9.59 Å². The van der Waals surface area contributed by atoms with Crippen LogP contribution in [0.3, 0.4) is 0 Å². The van der Waals surface area contributed by atoms with Gasteiger partial charge in [-0.25, -0.2) is 8.42 Å². The molecule has 2 aromatic rings. The zero-order valence-corrected chi connectivity index (χ0v) is 28.5. The Kier molecular flexibility index (Phi) is 14.7. The number of amides is 1. The number of allylic oxidation sites excluding steroid dienone is 1. The molecule has 0 fully saturated rings. The van der Waals surface area contributed by atoms with Crippen LogP contribution < -0.4 is 9.62 Å². The summed E-state index contributed by atoms with van der Waals surface area (Å²) in [7, 11) is 7.03. The van der Waals surface area contributed by atoms with E-state index in [4.69, 9.17) is 4.74 Å². The van der Waals surface area contributed by atoms with Crippen molar-refractivity contribution in [2.45, 2.75) is 63.1 Å². The van der Waals surface area contributed by atoms with Crippen LogP contribution in [0, 0.1) is 0 Å². The highest BCUT2D eigenvalue weighted by Crippen LogP contribution is 2.39. The summed E-state index contributed by atoms with van der Waals surface area (Å²) in [6, 6.07) is 9.51. The second-order valence-corrected chi connectivity index (χ2v) is 15.1. The number of benzene rings is 2. The maximum Gasteiger partial charge on any atom is 0.323 e. The summed E-state index contributed by atoms with van der Waals surface area (Å²) in [5.41, 5.74) is 1.72. The second-order valence-electron chi connectivity index (χ2n) is 10.7. The molecule has 0 aliphatic rings. The van der Waals surface area contributed by atoms with E-state index in [1.54, 1.807) is 38.6 Å². The first kappa shape index (κ1) is 35.9. The molecule has 0 aliphatic carbocycles. The van der Waals surface area contributed by atoms with Crippen molar-refractivity contribution in [2.75, 3.05) is 52.8 Å². The van der Waals surface area contributed by atoms with Crippen LogP contribution in [-0.4, -0.2) is 89.8 Å². The Bertz CT molecular complexity index is 1330. The van der Waals surface area contributed by atoms with Crippen LogP contribution >= 0.6 is 21.6 Å². The van der Waals surface area contributed by atoms with Crippen LogP contribution in [0.5, 0.6) is 0 Å². The van der Waals surface area contributed by atoms with Gasteiger partial charge >= 0.3 is 5.97 Å². The lowest BCUT2D eigenvalue weighted by atomic mass is 10.1. The number of ether oxygens (including phenoxy) is 1. The summed E-state index contributed by atoms with van der Waals surface area (Å²) >= 11 is 0. The fraction of sp³-hybridized carbons (Fsp3) is 0.533. The van der Waals surface area contributed by atoms with Crippen molar-refractivity contribution in [3.8, 4) is 0 Å². The molecule has 42 heavy (non-hydrogen) atoms. The molecule has 2 rings (SSSR count). The summed E-state index contributed by atoms with van der Waals surface area (Å²) in [4.78, 5) is 31.4. The van der Waals surface area contributed by atoms with Gasteiger partial charge in [0.05, 0.1) is 11.5 Å². The molecule has 12 heteroatoms. The highest BCUT2D eigenvalue weighted by atomic mass is 33.1. The van der Waals surface area contributed by atoms with Gasteiger partial charge < -0.3 is 19.4 Å². The highest BCUT2D eigenvalue weighted by molar-refractivity contribution is 8.78. The van der Waals surface area contributed by atoms with Crippen LogP contribution in [0.1, 0.15) is 47.0 Å². The number of fused-ring (bicyclic) bond motifs is 1. The predicted molar refractivity (Wildman–Crippen MR) is 177 cm³/mol. The van der Waals surface area contributed by atoms with Crippen molar-refractivity contribution in [3.05, 3.63) is 47.0 Å². The maximum atomic E-state index is 13.3. The Labute approximate surface area is 259 Å². The van der Waals surface area contributed by atoms with Gasteiger partial charge in [0.25, 0.3) is 0 Å². The molecule has 0 saturated carbocycles. The first-order valence-electron chi connectivity index (χ1n) is 14.1. The third-order valence-electron chi connectivity index (χ3n) is 6.65. The summed E-state index contributed by atoms with van der Waals surface area (Å²) < 4.78 is 34.7. The topological polar surface area (TPSA) is 99.3 Å². The number of hydrogen-bond acceptors (Lipinski definition) is 9. The smallest absolute Gasteiger partial charge is 0.323 e. The lowest BCUT2D eigenvalue weighted by Crippen LogP contribution is -2.39. The van der Waals surface area contributed by atoms with E-state index < -0.39 is 22.0 Å². The maximum absolute atomic E-state index is 13.3. The van der Waals surface area contributed by atoms with Crippen molar-refractivity contribution in [1.29, 1.82) is 0 Å². The van der Waals surface area contributed by atoms with E-state index in [2.05, 4.69) is 18.6 Å². The minimum atomic E-state index is -4.02. The molecule has 2 atom stereocenters. The van der Waals surface area contributed by atoms with Crippen LogP contribution in [-0.2, 0) is 24.3 Å². The van der Waals surface area contributed by atoms with Crippen molar-refractivity contribution < 1.29 is 22.7 Å². The van der Waals surface area contributed by atoms with Gasteiger partial charge in [-0.2, -0.15) is 4.72 Å². The van der Waals surface area contributed by atoms with Crippen molar-refractivity contribution in [1.82, 2.24) is 14.5 Å². The molecule has 2 aromatic carbocycles. The Hall–Kier alpha value is -2.25. The average molecular weight is 639 g/mol. The van der Waals surface area contributed by atoms with E-state index in [0.29, 0.717) is 30.1 Å². The zero-order valence-electron chi connectivity index (χ0n) is 26.0. The summed E-state index contributed by atoms with van der Waals surface area (Å²) in [5.74, 6) is -0.665. The molecule has 234 valence electrons. The lowest BCUT2D eigenvalue weighted by molar-refractivity contribution is -0.145. The number of nitrogens with one attached hydrogen (secondary N) is 1. The van der Waals surface area contributed by atoms with Gasteiger partial charge in [0.2, 0.25) is 16.4 Å². The second kappa shape index (κ2) is 17.1. The number of carbonyl (C=O) groups is 2. The monoisotopic (exact) mass is 638 g/mol. The SMILES string of the molecule is CCCC(C)SSC(CCOC(=O)C(C)NS(=O)(=O)c1cccc2c(N(C)C)cccc12)=C(C)N(C=O)CCN(C)C. The van der Waals surface area contributed by atoms with Crippen molar-refractivity contribution in [3.63, 3.8) is 0 Å². The van der Waals surface area contributed by atoms with E-state index in [1.807, 2.05) is 63.1 Å². The fourth-order valence-corrected chi connectivity index (χ4v) is 8.42. The van der Waals surface area contributed by atoms with Crippen LogP contribution in [0.25, 0.3) is 10.8 Å². The van der Waals surface area contributed by atoms with E-state index in [0.717, 1.165) is 40.9 Å². The van der Waals surface area contributed by atoms with Gasteiger partial charge in [0.15, 0.2) is 0 Å². The van der Waals surface area contributed by atoms with E-state index in [-0.39, 0.29) is 11.5 Å². The molecule has 1 amide bonds. The molecule has 9 nitrogen and oxygen atoms in total. The number of nitrogens with zero attached hydrogens (tertiary/aromatic N) is 3. The molecular formula is C30H46N4O5S3. The van der Waals surface area contributed by atoms with E-state index in [9.17, 15) is 18.0 Å². The standard InChI is InChI=1S/C30H46N4O5S3/c1-9-12-22(2)40-41-28(24(4)34(21-35)19-18-32(5)6)17-20-39-30(36)23(3)31-42(37,38)29-16-11-13-25-26(29)14-10-15-27(25)33(7)8/h10-11,13-16,21-23,31H,9,12,17-20H2,1-8H3. The summed E-state index contributed by atoms with van der Waals surface area (Å²) in [6.07, 6.45) is 3.40. The third-order valence-corrected chi connectivity index (χ3v) is 11.5. The lowest BCUT2D eigenvalue weighted by Gasteiger charge is -2.24. The quantitative estimate of drug-likeness (QED) is 0.132. The predicted octanol–water partition coefficient (Wildman–Crippen LogP) is 5.33. The van der Waals surface area contributed by atoms with Gasteiger partial charge in [0, 0.05) is 65.9 Å². The largest absolute Gasteiger partial charge is 0.464 e. The number of rotatable bonds is 18. The number of carbonyl (C=O) groups excluding carboxylic acids is 2. The first-order chi connectivity index (χ1) is 19.8. The van der Waals surface area contributed by atoms with E-state index >= 15 is 0 Å². The fourth-order valence-electron chi connectivity index (χ4n) is 4.25. The Morgan fingerprint density at radius 1 is 1.05 bits per heavy atom. The van der Waals surface area contributed by atoms with Gasteiger partial charge in [-0.05, 0) is 46.5 Å². The van der Waals surface area contributed by atoms with Crippen molar-refractivity contribution in [2.24, 2.45) is 0 Å². The molecule has 0 heterocycles. The van der Waals surface area contributed by atoms with E-state index in [1.165, 1.54) is 13.0 Å². The number of sulfonamides is 1. The van der Waals surface area contributed by atoms with Gasteiger partial charge in [-0.15, -0.1) is 0 Å². The molecule has 1 N–H and O–H groups in total. The highest BCUT2D eigenvalue weighted by Gasteiger charge is 2.25. The molecule has 0 spiro atoms. The van der Waals surface area contributed by atoms with Crippen LogP contribution in [0.2, 0.25) is 0 Å². The molecule has 0 bridgehead atoms. The number of likely N-dealkylation sites (N-methyl/N-ethyl adjacent to an activating group) is 1. The Morgan fingerprint density at radius 2 is 1.71 bits per heavy atom. The zero-order chi connectivity index (χ0) is 31.4. The number of esters is 1. The van der Waals surface area contributed by atoms with Crippen molar-refractivity contribution >= 4 is 60.5 Å². The molecule has 0 aromatic heterocycles. The van der Waals surface area contributed by atoms with Gasteiger partial charge in [-0.1, -0.05) is 66.1 Å². The molecule has 0 saturated heterocycles. The van der Waals surface area contributed by atoms with Crippen LogP contribution in [0.15, 0.2) is 51.9 Å². The average Bonchev–Trinajstić information content (AvgIpc) is 2.93. The summed E-state index contributed by atoms with van der Waals surface area (Å²) in [6.45, 7) is 9.02. The van der Waals surface area contributed by atoms with Gasteiger partial charge in [0.1, 0.15) is 6.04 Å². The molecule has 0 aliphatic heterocycles.